The molecule has 3 rings (SSSR count). The van der Waals surface area contributed by atoms with Gasteiger partial charge in [-0.15, -0.1) is 0 Å². The Labute approximate surface area is 114 Å². The van der Waals surface area contributed by atoms with Gasteiger partial charge in [0.05, 0.1) is 5.60 Å². The average Bonchev–Trinajstić information content (AvgIpc) is 2.85. The van der Waals surface area contributed by atoms with Crippen molar-refractivity contribution in [3.8, 4) is 0 Å². The van der Waals surface area contributed by atoms with E-state index < -0.39 is 5.60 Å². The summed E-state index contributed by atoms with van der Waals surface area (Å²) in [6.45, 7) is 1.96. The Balaban J connectivity index is 1.83. The zero-order valence-corrected chi connectivity index (χ0v) is 11.7. The van der Waals surface area contributed by atoms with Crippen LogP contribution in [-0.4, -0.2) is 5.11 Å². The standard InChI is InChI=1S/C17H23FO/c1-13-4-5-14(18)12-15(13)17(19)10-8-16(9-11-17)6-2-3-7-16/h4-5,12,19H,2-3,6-11H2,1H3. The summed E-state index contributed by atoms with van der Waals surface area (Å²) < 4.78 is 13.5. The number of hydrogen-bond acceptors (Lipinski definition) is 1. The third kappa shape index (κ3) is 2.31. The lowest BCUT2D eigenvalue weighted by molar-refractivity contribution is -0.0382. The molecule has 0 radical (unpaired) electrons. The quantitative estimate of drug-likeness (QED) is 0.792. The van der Waals surface area contributed by atoms with E-state index in [9.17, 15) is 9.50 Å². The van der Waals surface area contributed by atoms with Crippen LogP contribution < -0.4 is 0 Å². The highest BCUT2D eigenvalue weighted by molar-refractivity contribution is 5.32. The summed E-state index contributed by atoms with van der Waals surface area (Å²) in [5.41, 5.74) is 1.50. The fraction of sp³-hybridized carbons (Fsp3) is 0.647. The Morgan fingerprint density at radius 3 is 2.26 bits per heavy atom. The molecule has 1 spiro atoms. The second kappa shape index (κ2) is 4.59. The molecule has 1 aromatic rings. The number of aliphatic hydroxyl groups is 1. The molecular weight excluding hydrogens is 239 g/mol. The third-order valence-corrected chi connectivity index (χ3v) is 5.50. The molecule has 0 unspecified atom stereocenters. The van der Waals surface area contributed by atoms with Gasteiger partial charge >= 0.3 is 0 Å². The first kappa shape index (κ1) is 13.1. The molecule has 0 atom stereocenters. The van der Waals surface area contributed by atoms with Gasteiger partial charge in [-0.2, -0.15) is 0 Å². The number of hydrogen-bond donors (Lipinski definition) is 1. The molecule has 1 aromatic carbocycles. The van der Waals surface area contributed by atoms with Gasteiger partial charge in [0.25, 0.3) is 0 Å². The van der Waals surface area contributed by atoms with Crippen molar-refractivity contribution >= 4 is 0 Å². The summed E-state index contributed by atoms with van der Waals surface area (Å²) in [6, 6.07) is 4.79. The van der Waals surface area contributed by atoms with Gasteiger partial charge in [-0.25, -0.2) is 4.39 Å². The third-order valence-electron chi connectivity index (χ3n) is 5.50. The molecule has 2 saturated carbocycles. The highest BCUT2D eigenvalue weighted by atomic mass is 19.1. The van der Waals surface area contributed by atoms with Gasteiger partial charge in [0.1, 0.15) is 5.82 Å². The van der Waals surface area contributed by atoms with Crippen molar-refractivity contribution in [3.05, 3.63) is 35.1 Å². The largest absolute Gasteiger partial charge is 0.385 e. The molecule has 0 heterocycles. The van der Waals surface area contributed by atoms with Gasteiger partial charge in [0.15, 0.2) is 0 Å². The highest BCUT2D eigenvalue weighted by Crippen LogP contribution is 2.53. The summed E-state index contributed by atoms with van der Waals surface area (Å²) in [5.74, 6) is -0.241. The first-order chi connectivity index (χ1) is 9.03. The molecule has 1 nitrogen and oxygen atoms in total. The smallest absolute Gasteiger partial charge is 0.123 e. The topological polar surface area (TPSA) is 20.2 Å². The second-order valence-corrected chi connectivity index (χ2v) is 6.70. The van der Waals surface area contributed by atoms with E-state index in [0.29, 0.717) is 5.41 Å². The fourth-order valence-corrected chi connectivity index (χ4v) is 4.18. The maximum absolute atomic E-state index is 13.5. The lowest BCUT2D eigenvalue weighted by atomic mass is 9.65. The second-order valence-electron chi connectivity index (χ2n) is 6.70. The van der Waals surface area contributed by atoms with Gasteiger partial charge < -0.3 is 5.11 Å². The number of benzene rings is 1. The molecule has 104 valence electrons. The van der Waals surface area contributed by atoms with Crippen molar-refractivity contribution in [2.75, 3.05) is 0 Å². The van der Waals surface area contributed by atoms with E-state index in [2.05, 4.69) is 0 Å². The fourth-order valence-electron chi connectivity index (χ4n) is 4.18. The van der Waals surface area contributed by atoms with Crippen LogP contribution in [0.25, 0.3) is 0 Å². The van der Waals surface area contributed by atoms with Crippen molar-refractivity contribution < 1.29 is 9.50 Å². The first-order valence-corrected chi connectivity index (χ1v) is 7.52. The van der Waals surface area contributed by atoms with Gasteiger partial charge in [0.2, 0.25) is 0 Å². The summed E-state index contributed by atoms with van der Waals surface area (Å²) in [5, 5.41) is 10.9. The Bertz CT molecular complexity index is 464. The molecule has 2 aliphatic rings. The zero-order chi connectivity index (χ0) is 13.5. The molecular formula is C17H23FO. The molecule has 1 N–H and O–H groups in total. The minimum absolute atomic E-state index is 0.241. The van der Waals surface area contributed by atoms with Crippen LogP contribution in [0.3, 0.4) is 0 Å². The van der Waals surface area contributed by atoms with E-state index in [1.54, 1.807) is 6.07 Å². The van der Waals surface area contributed by atoms with E-state index in [1.807, 2.05) is 6.92 Å². The van der Waals surface area contributed by atoms with E-state index in [-0.39, 0.29) is 5.82 Å². The van der Waals surface area contributed by atoms with Crippen LogP contribution in [0.5, 0.6) is 0 Å². The van der Waals surface area contributed by atoms with E-state index >= 15 is 0 Å². The van der Waals surface area contributed by atoms with E-state index in [4.69, 9.17) is 0 Å². The van der Waals surface area contributed by atoms with Crippen LogP contribution in [0, 0.1) is 18.2 Å². The molecule has 0 bridgehead atoms. The molecule has 19 heavy (non-hydrogen) atoms. The Morgan fingerprint density at radius 1 is 1.00 bits per heavy atom. The van der Waals surface area contributed by atoms with Gasteiger partial charge in [0, 0.05) is 0 Å². The normalized spacial score (nSPS) is 24.8. The monoisotopic (exact) mass is 262 g/mol. The predicted molar refractivity (Wildman–Crippen MR) is 74.4 cm³/mol. The van der Waals surface area contributed by atoms with E-state index in [1.165, 1.54) is 37.8 Å². The van der Waals surface area contributed by atoms with Gasteiger partial charge in [-0.3, -0.25) is 0 Å². The van der Waals surface area contributed by atoms with Crippen LogP contribution >= 0.6 is 0 Å². The van der Waals surface area contributed by atoms with Gasteiger partial charge in [-0.1, -0.05) is 18.9 Å². The minimum Gasteiger partial charge on any atom is -0.385 e. The first-order valence-electron chi connectivity index (χ1n) is 7.52. The van der Waals surface area contributed by atoms with Crippen LogP contribution in [0.4, 0.5) is 4.39 Å². The van der Waals surface area contributed by atoms with Gasteiger partial charge in [-0.05, 0) is 74.1 Å². The number of aryl methyl sites for hydroxylation is 1. The number of rotatable bonds is 1. The summed E-state index contributed by atoms with van der Waals surface area (Å²) >= 11 is 0. The molecule has 0 aliphatic heterocycles. The summed E-state index contributed by atoms with van der Waals surface area (Å²) in [7, 11) is 0. The molecule has 2 aliphatic carbocycles. The van der Waals surface area contributed by atoms with E-state index in [0.717, 1.165) is 36.8 Å². The maximum Gasteiger partial charge on any atom is 0.123 e. The lowest BCUT2D eigenvalue weighted by Gasteiger charge is -2.43. The Hall–Kier alpha value is -0.890. The van der Waals surface area contributed by atoms with Crippen molar-refractivity contribution in [2.24, 2.45) is 5.41 Å². The number of halogens is 1. The Kier molecular flexibility index (Phi) is 3.17. The highest BCUT2D eigenvalue weighted by Gasteiger charge is 2.44. The molecule has 0 amide bonds. The minimum atomic E-state index is -0.806. The lowest BCUT2D eigenvalue weighted by Crippen LogP contribution is -2.36. The van der Waals surface area contributed by atoms with Crippen molar-refractivity contribution in [3.63, 3.8) is 0 Å². The molecule has 2 heteroatoms. The zero-order valence-electron chi connectivity index (χ0n) is 11.7. The van der Waals surface area contributed by atoms with Crippen molar-refractivity contribution in [1.29, 1.82) is 0 Å². The predicted octanol–water partition coefficient (Wildman–Crippen LogP) is 4.46. The summed E-state index contributed by atoms with van der Waals surface area (Å²) in [6.07, 6.45) is 9.11. The van der Waals surface area contributed by atoms with Crippen molar-refractivity contribution in [1.82, 2.24) is 0 Å². The van der Waals surface area contributed by atoms with Crippen LogP contribution in [0.2, 0.25) is 0 Å². The summed E-state index contributed by atoms with van der Waals surface area (Å²) in [4.78, 5) is 0. The maximum atomic E-state index is 13.5. The average molecular weight is 262 g/mol. The van der Waals surface area contributed by atoms with Crippen LogP contribution in [0.1, 0.15) is 62.5 Å². The van der Waals surface area contributed by atoms with Crippen molar-refractivity contribution in [2.45, 2.75) is 63.9 Å². The van der Waals surface area contributed by atoms with Crippen LogP contribution in [0.15, 0.2) is 18.2 Å². The molecule has 0 saturated heterocycles. The Morgan fingerprint density at radius 2 is 1.63 bits per heavy atom. The molecule has 0 aromatic heterocycles. The SMILES string of the molecule is Cc1ccc(F)cc1C1(O)CCC2(CCCC2)CC1. The molecule has 2 fully saturated rings. The van der Waals surface area contributed by atoms with Crippen LogP contribution in [-0.2, 0) is 5.60 Å².